The maximum Gasteiger partial charge on any atom is 0.228 e. The highest BCUT2D eigenvalue weighted by molar-refractivity contribution is 7.15. The Balaban J connectivity index is 1.55. The van der Waals surface area contributed by atoms with Crippen molar-refractivity contribution < 1.29 is 4.79 Å². The van der Waals surface area contributed by atoms with Crippen LogP contribution in [0, 0.1) is 11.3 Å². The predicted molar refractivity (Wildman–Crippen MR) is 127 cm³/mol. The van der Waals surface area contributed by atoms with E-state index in [1.165, 1.54) is 0 Å². The third-order valence-electron chi connectivity index (χ3n) is 5.28. The molecule has 32 heavy (non-hydrogen) atoms. The lowest BCUT2D eigenvalue weighted by Crippen LogP contribution is -2.37. The third-order valence-corrected chi connectivity index (χ3v) is 6.17. The van der Waals surface area contributed by atoms with Crippen LogP contribution in [0.4, 0.5) is 0 Å². The summed E-state index contributed by atoms with van der Waals surface area (Å²) in [6.07, 6.45) is 2.31. The number of rotatable bonds is 8. The van der Waals surface area contributed by atoms with Gasteiger partial charge in [-0.1, -0.05) is 42.5 Å². The van der Waals surface area contributed by atoms with E-state index in [1.54, 1.807) is 17.4 Å². The number of hydrogen-bond donors (Lipinski definition) is 0. The quantitative estimate of drug-likeness (QED) is 0.412. The van der Waals surface area contributed by atoms with Gasteiger partial charge in [-0.2, -0.15) is 5.26 Å². The molecule has 7 heteroatoms. The van der Waals surface area contributed by atoms with Gasteiger partial charge in [-0.05, 0) is 31.8 Å². The summed E-state index contributed by atoms with van der Waals surface area (Å²) in [7, 11) is 4.00. The average Bonchev–Trinajstić information content (AvgIpc) is 3.39. The van der Waals surface area contributed by atoms with Crippen molar-refractivity contribution in [3.8, 4) is 17.3 Å². The summed E-state index contributed by atoms with van der Waals surface area (Å²) in [5.41, 5.74) is 4.47. The molecule has 0 bridgehead atoms. The molecule has 0 radical (unpaired) electrons. The first-order valence-electron chi connectivity index (χ1n) is 10.5. The number of nitriles is 1. The Bertz CT molecular complexity index is 1250. The number of fused-ring (bicyclic) bond motifs is 1. The van der Waals surface area contributed by atoms with Crippen molar-refractivity contribution in [3.05, 3.63) is 83.0 Å². The van der Waals surface area contributed by atoms with Gasteiger partial charge >= 0.3 is 0 Å². The van der Waals surface area contributed by atoms with Crippen molar-refractivity contribution in [1.82, 2.24) is 19.2 Å². The minimum Gasteiger partial charge on any atom is -0.337 e. The largest absolute Gasteiger partial charge is 0.337 e. The molecule has 0 aliphatic rings. The van der Waals surface area contributed by atoms with Gasteiger partial charge in [0.05, 0.1) is 23.7 Å². The number of carbonyl (C=O) groups is 1. The second kappa shape index (κ2) is 9.77. The summed E-state index contributed by atoms with van der Waals surface area (Å²) in [5.74, 6) is 0.0591. The van der Waals surface area contributed by atoms with Gasteiger partial charge in [-0.3, -0.25) is 9.20 Å². The van der Waals surface area contributed by atoms with Crippen LogP contribution >= 0.6 is 11.3 Å². The van der Waals surface area contributed by atoms with Gasteiger partial charge in [-0.15, -0.1) is 11.3 Å². The number of amides is 1. The van der Waals surface area contributed by atoms with Gasteiger partial charge in [0.1, 0.15) is 0 Å². The first-order chi connectivity index (χ1) is 15.5. The zero-order valence-corrected chi connectivity index (χ0v) is 19.0. The lowest BCUT2D eigenvalue weighted by atomic mass is 10.1. The lowest BCUT2D eigenvalue weighted by Gasteiger charge is -2.24. The standard InChI is InChI=1S/C25H25N5OS/c1-28(2)11-12-29(16-20-8-6-7-19(13-20)15-26)24(31)14-22-18-32-25-27-23(17-30(22)25)21-9-4-3-5-10-21/h3-10,13,17-18H,11-12,14,16H2,1-2H3. The summed E-state index contributed by atoms with van der Waals surface area (Å²) in [4.78, 5) is 22.9. The molecule has 2 aromatic heterocycles. The first-order valence-corrected chi connectivity index (χ1v) is 11.3. The normalized spacial score (nSPS) is 11.1. The Morgan fingerprint density at radius 2 is 1.94 bits per heavy atom. The Morgan fingerprint density at radius 1 is 1.12 bits per heavy atom. The lowest BCUT2D eigenvalue weighted by molar-refractivity contribution is -0.131. The molecule has 1 amide bonds. The number of aromatic nitrogens is 2. The van der Waals surface area contributed by atoms with E-state index in [2.05, 4.69) is 11.0 Å². The van der Waals surface area contributed by atoms with Crippen LogP contribution in [0.3, 0.4) is 0 Å². The van der Waals surface area contributed by atoms with Crippen LogP contribution in [0.2, 0.25) is 0 Å². The number of nitrogens with zero attached hydrogens (tertiary/aromatic N) is 5. The molecule has 0 unspecified atom stereocenters. The van der Waals surface area contributed by atoms with E-state index in [0.717, 1.165) is 34.0 Å². The predicted octanol–water partition coefficient (Wildman–Crippen LogP) is 4.07. The molecule has 6 nitrogen and oxygen atoms in total. The molecular weight excluding hydrogens is 418 g/mol. The number of benzene rings is 2. The van der Waals surface area contributed by atoms with Crippen LogP contribution in [0.5, 0.6) is 0 Å². The molecule has 0 spiro atoms. The molecule has 2 aromatic carbocycles. The van der Waals surface area contributed by atoms with E-state index >= 15 is 0 Å². The molecule has 0 fully saturated rings. The van der Waals surface area contributed by atoms with Crippen molar-refractivity contribution >= 4 is 22.2 Å². The molecule has 0 N–H and O–H groups in total. The molecule has 0 aliphatic carbocycles. The van der Waals surface area contributed by atoms with E-state index < -0.39 is 0 Å². The molecule has 4 rings (SSSR count). The topological polar surface area (TPSA) is 64.6 Å². The molecule has 0 saturated carbocycles. The third kappa shape index (κ3) is 5.05. The summed E-state index contributed by atoms with van der Waals surface area (Å²) in [6, 6.07) is 19.7. The van der Waals surface area contributed by atoms with Crippen LogP contribution in [0.15, 0.2) is 66.2 Å². The molecule has 162 valence electrons. The van der Waals surface area contributed by atoms with Gasteiger partial charge in [0.2, 0.25) is 5.91 Å². The monoisotopic (exact) mass is 443 g/mol. The SMILES string of the molecule is CN(C)CCN(Cc1cccc(C#N)c1)C(=O)Cc1csc2nc(-c3ccccc3)cn12. The average molecular weight is 444 g/mol. The Morgan fingerprint density at radius 3 is 2.69 bits per heavy atom. The molecule has 0 atom stereocenters. The maximum absolute atomic E-state index is 13.3. The van der Waals surface area contributed by atoms with Crippen molar-refractivity contribution in [2.24, 2.45) is 0 Å². The number of imidazole rings is 1. The van der Waals surface area contributed by atoms with Crippen molar-refractivity contribution in [2.75, 3.05) is 27.2 Å². The van der Waals surface area contributed by atoms with Crippen LogP contribution < -0.4 is 0 Å². The summed E-state index contributed by atoms with van der Waals surface area (Å²) >= 11 is 1.55. The van der Waals surface area contributed by atoms with Crippen molar-refractivity contribution in [2.45, 2.75) is 13.0 Å². The maximum atomic E-state index is 13.3. The van der Waals surface area contributed by atoms with Crippen molar-refractivity contribution in [3.63, 3.8) is 0 Å². The van der Waals surface area contributed by atoms with Crippen LogP contribution in [-0.2, 0) is 17.8 Å². The fraction of sp³-hybridized carbons (Fsp3) is 0.240. The zero-order chi connectivity index (χ0) is 22.5. The van der Waals surface area contributed by atoms with Gasteiger partial charge in [0.15, 0.2) is 4.96 Å². The van der Waals surface area contributed by atoms with Gasteiger partial charge in [0.25, 0.3) is 0 Å². The molecule has 0 aliphatic heterocycles. The first kappa shape index (κ1) is 21.8. The van der Waals surface area contributed by atoms with Crippen molar-refractivity contribution in [1.29, 1.82) is 5.26 Å². The molecule has 0 saturated heterocycles. The Labute approximate surface area is 192 Å². The minimum atomic E-state index is 0.0591. The number of likely N-dealkylation sites (N-methyl/N-ethyl adjacent to an activating group) is 1. The number of hydrogen-bond acceptors (Lipinski definition) is 5. The van der Waals surface area contributed by atoms with E-state index in [4.69, 9.17) is 4.98 Å². The minimum absolute atomic E-state index is 0.0591. The van der Waals surface area contributed by atoms with Gasteiger partial charge in [0, 0.05) is 42.5 Å². The molecule has 4 aromatic rings. The van der Waals surface area contributed by atoms with E-state index in [-0.39, 0.29) is 5.91 Å². The van der Waals surface area contributed by atoms with Crippen LogP contribution in [0.25, 0.3) is 16.2 Å². The van der Waals surface area contributed by atoms with E-state index in [1.807, 2.05) is 83.5 Å². The molecular formula is C25H25N5OS. The summed E-state index contributed by atoms with van der Waals surface area (Å²) in [5, 5.41) is 11.2. The highest BCUT2D eigenvalue weighted by atomic mass is 32.1. The second-order valence-corrected chi connectivity index (χ2v) is 8.82. The fourth-order valence-electron chi connectivity index (χ4n) is 3.54. The zero-order valence-electron chi connectivity index (χ0n) is 18.2. The van der Waals surface area contributed by atoms with Crippen LogP contribution in [0.1, 0.15) is 16.8 Å². The van der Waals surface area contributed by atoms with E-state index in [0.29, 0.717) is 25.1 Å². The molecule has 2 heterocycles. The highest BCUT2D eigenvalue weighted by Crippen LogP contribution is 2.24. The number of thiazole rings is 1. The Kier molecular flexibility index (Phi) is 6.64. The summed E-state index contributed by atoms with van der Waals surface area (Å²) < 4.78 is 2.02. The number of carbonyl (C=O) groups excluding carboxylic acids is 1. The highest BCUT2D eigenvalue weighted by Gasteiger charge is 2.18. The van der Waals surface area contributed by atoms with Gasteiger partial charge in [-0.25, -0.2) is 4.98 Å². The van der Waals surface area contributed by atoms with Gasteiger partial charge < -0.3 is 9.80 Å². The summed E-state index contributed by atoms with van der Waals surface area (Å²) in [6.45, 7) is 1.87. The van der Waals surface area contributed by atoms with E-state index in [9.17, 15) is 10.1 Å². The second-order valence-electron chi connectivity index (χ2n) is 7.98. The van der Waals surface area contributed by atoms with Crippen LogP contribution in [-0.4, -0.2) is 52.3 Å². The Hall–Kier alpha value is -3.47. The smallest absolute Gasteiger partial charge is 0.228 e. The fourth-order valence-corrected chi connectivity index (χ4v) is 4.42.